The number of hydrazone groups is 1. The highest BCUT2D eigenvalue weighted by atomic mass is 35.5. The summed E-state index contributed by atoms with van der Waals surface area (Å²) in [5, 5.41) is 17.6. The Labute approximate surface area is 194 Å². The molecule has 3 rings (SSSR count). The minimum Gasteiger partial charge on any atom is -0.266 e. The molecule has 1 aromatic heterocycles. The van der Waals surface area contributed by atoms with Crippen molar-refractivity contribution in [2.45, 2.75) is 13.1 Å². The highest BCUT2D eigenvalue weighted by Gasteiger charge is 2.31. The Hall–Kier alpha value is -3.68. The number of halogens is 5. The summed E-state index contributed by atoms with van der Waals surface area (Å²) in [6.45, 7) is 1.32. The van der Waals surface area contributed by atoms with Crippen molar-refractivity contribution in [3.63, 3.8) is 0 Å². The van der Waals surface area contributed by atoms with Crippen LogP contribution < -0.4 is 11.0 Å². The summed E-state index contributed by atoms with van der Waals surface area (Å²) < 4.78 is 39.8. The Kier molecular flexibility index (Phi) is 6.86. The van der Waals surface area contributed by atoms with Crippen LogP contribution in [0.1, 0.15) is 32.7 Å². The van der Waals surface area contributed by atoms with E-state index < -0.39 is 28.8 Å². The molecule has 0 saturated heterocycles. The summed E-state index contributed by atoms with van der Waals surface area (Å²) in [5.41, 5.74) is -0.403. The van der Waals surface area contributed by atoms with E-state index in [1.54, 1.807) is 12.1 Å². The van der Waals surface area contributed by atoms with E-state index in [0.717, 1.165) is 12.1 Å². The van der Waals surface area contributed by atoms with E-state index in [-0.39, 0.29) is 22.0 Å². The molecule has 2 aromatic carbocycles. The SMILES string of the molecule is Cc1c(C(=O)N/N=C/c2ccc(Cl)c(Cl)c2)nn(-c2cccc(C(F)(F)F)c2)c(=O)c1C#N. The molecule has 0 radical (unpaired) electrons. The number of nitrogens with zero attached hydrogens (tertiary/aromatic N) is 4. The van der Waals surface area contributed by atoms with Crippen LogP contribution in [0.4, 0.5) is 13.2 Å². The lowest BCUT2D eigenvalue weighted by molar-refractivity contribution is -0.137. The fourth-order valence-electron chi connectivity index (χ4n) is 2.75. The zero-order valence-electron chi connectivity index (χ0n) is 16.6. The summed E-state index contributed by atoms with van der Waals surface area (Å²) in [7, 11) is 0. The monoisotopic (exact) mass is 493 g/mol. The molecule has 0 aliphatic rings. The average Bonchev–Trinajstić information content (AvgIpc) is 2.76. The fraction of sp³-hybridized carbons (Fsp3) is 0.0952. The van der Waals surface area contributed by atoms with Gasteiger partial charge in [0.05, 0.1) is 27.5 Å². The number of nitriles is 1. The van der Waals surface area contributed by atoms with Gasteiger partial charge < -0.3 is 0 Å². The smallest absolute Gasteiger partial charge is 0.266 e. The van der Waals surface area contributed by atoms with Gasteiger partial charge in [0.25, 0.3) is 11.5 Å². The number of carbonyl (C=O) groups is 1. The summed E-state index contributed by atoms with van der Waals surface area (Å²) in [6.07, 6.45) is -3.40. The molecule has 1 N–H and O–H groups in total. The number of rotatable bonds is 4. The third-order valence-electron chi connectivity index (χ3n) is 4.40. The van der Waals surface area contributed by atoms with E-state index in [9.17, 15) is 28.0 Å². The van der Waals surface area contributed by atoms with Crippen LogP contribution in [0.15, 0.2) is 52.4 Å². The van der Waals surface area contributed by atoms with E-state index in [1.165, 1.54) is 31.3 Å². The number of alkyl halides is 3. The fourth-order valence-corrected chi connectivity index (χ4v) is 3.06. The van der Waals surface area contributed by atoms with Crippen molar-refractivity contribution >= 4 is 35.3 Å². The van der Waals surface area contributed by atoms with Crippen molar-refractivity contribution in [3.8, 4) is 11.8 Å². The molecular weight excluding hydrogens is 482 g/mol. The van der Waals surface area contributed by atoms with Gasteiger partial charge in [0.1, 0.15) is 11.6 Å². The van der Waals surface area contributed by atoms with Gasteiger partial charge in [0.15, 0.2) is 5.69 Å². The zero-order valence-corrected chi connectivity index (χ0v) is 18.1. The maximum Gasteiger partial charge on any atom is 0.416 e. The van der Waals surface area contributed by atoms with Crippen molar-refractivity contribution in [2.24, 2.45) is 5.10 Å². The van der Waals surface area contributed by atoms with E-state index in [0.29, 0.717) is 21.3 Å². The standard InChI is InChI=1S/C21H12Cl2F3N5O2/c1-11-15(9-27)20(33)31(14-4-2-3-13(8-14)21(24,25)26)30-18(11)19(32)29-28-10-12-5-6-16(22)17(23)7-12/h2-8,10H,1H3,(H,29,32)/b28-10+. The highest BCUT2D eigenvalue weighted by Crippen LogP contribution is 2.30. The largest absolute Gasteiger partial charge is 0.416 e. The molecular formula is C21H12Cl2F3N5O2. The number of amides is 1. The molecule has 12 heteroatoms. The third-order valence-corrected chi connectivity index (χ3v) is 5.14. The van der Waals surface area contributed by atoms with Crippen LogP contribution in [-0.2, 0) is 6.18 Å². The predicted molar refractivity (Wildman–Crippen MR) is 116 cm³/mol. The maximum absolute atomic E-state index is 13.1. The molecule has 0 unspecified atom stereocenters. The Morgan fingerprint density at radius 2 is 1.94 bits per heavy atom. The van der Waals surface area contributed by atoms with Crippen molar-refractivity contribution in [2.75, 3.05) is 0 Å². The van der Waals surface area contributed by atoms with Crippen molar-refractivity contribution in [1.82, 2.24) is 15.2 Å². The average molecular weight is 494 g/mol. The van der Waals surface area contributed by atoms with E-state index in [4.69, 9.17) is 23.2 Å². The van der Waals surface area contributed by atoms with Gasteiger partial charge in [-0.25, -0.2) is 5.43 Å². The zero-order chi connectivity index (χ0) is 24.3. The number of hydrogen-bond acceptors (Lipinski definition) is 5. The van der Waals surface area contributed by atoms with Gasteiger partial charge in [-0.15, -0.1) is 0 Å². The van der Waals surface area contributed by atoms with Crippen LogP contribution >= 0.6 is 23.2 Å². The topological polar surface area (TPSA) is 100 Å². The van der Waals surface area contributed by atoms with Crippen LogP contribution in [0.3, 0.4) is 0 Å². The number of hydrogen-bond donors (Lipinski definition) is 1. The number of nitrogens with one attached hydrogen (secondary N) is 1. The number of carbonyl (C=O) groups excluding carboxylic acids is 1. The van der Waals surface area contributed by atoms with Crippen molar-refractivity contribution in [1.29, 1.82) is 5.26 Å². The van der Waals surface area contributed by atoms with E-state index >= 15 is 0 Å². The van der Waals surface area contributed by atoms with Crippen LogP contribution in [-0.4, -0.2) is 21.9 Å². The minimum absolute atomic E-state index is 0.0482. The lowest BCUT2D eigenvalue weighted by Crippen LogP contribution is -2.31. The first kappa shape index (κ1) is 24.0. The molecule has 33 heavy (non-hydrogen) atoms. The summed E-state index contributed by atoms with van der Waals surface area (Å²) in [6, 6.07) is 10.1. The number of benzene rings is 2. The van der Waals surface area contributed by atoms with Gasteiger partial charge >= 0.3 is 6.18 Å². The lowest BCUT2D eigenvalue weighted by Gasteiger charge is -2.12. The second-order valence-electron chi connectivity index (χ2n) is 6.60. The molecule has 3 aromatic rings. The molecule has 168 valence electrons. The second-order valence-corrected chi connectivity index (χ2v) is 7.41. The molecule has 1 amide bonds. The molecule has 0 aliphatic carbocycles. The molecule has 1 heterocycles. The minimum atomic E-state index is -4.66. The van der Waals surface area contributed by atoms with Gasteiger partial charge in [-0.05, 0) is 42.8 Å². The van der Waals surface area contributed by atoms with Gasteiger partial charge in [-0.2, -0.15) is 33.3 Å². The maximum atomic E-state index is 13.1. The lowest BCUT2D eigenvalue weighted by atomic mass is 10.1. The Morgan fingerprint density at radius 3 is 2.58 bits per heavy atom. The normalized spacial score (nSPS) is 11.4. The molecule has 0 fully saturated rings. The van der Waals surface area contributed by atoms with Crippen LogP contribution in [0, 0.1) is 18.3 Å². The first-order chi connectivity index (χ1) is 15.5. The summed E-state index contributed by atoms with van der Waals surface area (Å²) in [5.74, 6) is -0.888. The van der Waals surface area contributed by atoms with Crippen LogP contribution in [0.5, 0.6) is 0 Å². The van der Waals surface area contributed by atoms with Crippen molar-refractivity contribution < 1.29 is 18.0 Å². The molecule has 0 aliphatic heterocycles. The molecule has 0 spiro atoms. The molecule has 0 saturated carbocycles. The van der Waals surface area contributed by atoms with Gasteiger partial charge in [-0.1, -0.05) is 35.3 Å². The highest BCUT2D eigenvalue weighted by molar-refractivity contribution is 6.42. The summed E-state index contributed by atoms with van der Waals surface area (Å²) in [4.78, 5) is 25.3. The molecule has 7 nitrogen and oxygen atoms in total. The van der Waals surface area contributed by atoms with E-state index in [2.05, 4.69) is 15.6 Å². The predicted octanol–water partition coefficient (Wildman–Crippen LogP) is 4.50. The first-order valence-electron chi connectivity index (χ1n) is 9.03. The van der Waals surface area contributed by atoms with Crippen LogP contribution in [0.25, 0.3) is 5.69 Å². The Morgan fingerprint density at radius 1 is 1.21 bits per heavy atom. The van der Waals surface area contributed by atoms with Gasteiger partial charge in [0.2, 0.25) is 0 Å². The first-order valence-corrected chi connectivity index (χ1v) is 9.78. The van der Waals surface area contributed by atoms with Gasteiger partial charge in [0, 0.05) is 5.56 Å². The quantitative estimate of drug-likeness (QED) is 0.427. The van der Waals surface area contributed by atoms with Crippen molar-refractivity contribution in [3.05, 3.63) is 90.8 Å². The molecule has 0 bridgehead atoms. The summed E-state index contributed by atoms with van der Waals surface area (Å²) >= 11 is 11.7. The Bertz CT molecular complexity index is 1380. The van der Waals surface area contributed by atoms with Crippen LogP contribution in [0.2, 0.25) is 10.0 Å². The second kappa shape index (κ2) is 9.44. The number of aromatic nitrogens is 2. The van der Waals surface area contributed by atoms with E-state index in [1.807, 2.05) is 0 Å². The Balaban J connectivity index is 2.00. The third kappa shape index (κ3) is 5.22. The van der Waals surface area contributed by atoms with Gasteiger partial charge in [-0.3, -0.25) is 9.59 Å². The molecule has 0 atom stereocenters.